The summed E-state index contributed by atoms with van der Waals surface area (Å²) in [6.07, 6.45) is -2.54. The van der Waals surface area contributed by atoms with E-state index in [0.717, 1.165) is 36.3 Å². The highest BCUT2D eigenvalue weighted by Crippen LogP contribution is 2.18. The summed E-state index contributed by atoms with van der Waals surface area (Å²) in [6, 6.07) is 61.0. The Morgan fingerprint density at radius 3 is 0.940 bits per heavy atom. The highest BCUT2D eigenvalue weighted by atomic mass is 127. The number of nitriles is 1. The number of nitrogens with zero attached hydrogens (tertiary/aromatic N) is 1. The van der Waals surface area contributed by atoms with E-state index in [2.05, 4.69) is 95.3 Å². The van der Waals surface area contributed by atoms with Crippen molar-refractivity contribution >= 4 is 67.0 Å². The van der Waals surface area contributed by atoms with Crippen molar-refractivity contribution in [3.63, 3.8) is 0 Å². The van der Waals surface area contributed by atoms with Crippen LogP contribution >= 0.6 is 35.0 Å². The summed E-state index contributed by atoms with van der Waals surface area (Å²) < 4.78 is 52.8. The molecule has 0 fully saturated rings. The van der Waals surface area contributed by atoms with Crippen LogP contribution in [0.5, 0.6) is 0 Å². The van der Waals surface area contributed by atoms with E-state index in [0.29, 0.717) is 30.8 Å². The van der Waals surface area contributed by atoms with E-state index in [1.165, 1.54) is 20.3 Å². The third-order valence-electron chi connectivity index (χ3n) is 12.5. The summed E-state index contributed by atoms with van der Waals surface area (Å²) in [5.41, 5.74) is 23.9. The van der Waals surface area contributed by atoms with E-state index in [4.69, 9.17) is 37.8 Å². The summed E-state index contributed by atoms with van der Waals surface area (Å²) in [7, 11) is -6.31. The number of halogens is 2. The maximum atomic E-state index is 11.6. The van der Waals surface area contributed by atoms with Crippen molar-refractivity contribution in [1.82, 2.24) is 9.44 Å². The third kappa shape index (κ3) is 36.0. The number of hydrogen-bond donors (Lipinski definition) is 8. The lowest BCUT2D eigenvalue weighted by atomic mass is 10.0. The number of carboxylic acid groups (broad SMARTS) is 2. The number of nitrogens with two attached hydrogens (primary N) is 3. The van der Waals surface area contributed by atoms with E-state index in [1.807, 2.05) is 160 Å². The summed E-state index contributed by atoms with van der Waals surface area (Å²) >= 11 is 2.25. The van der Waals surface area contributed by atoms with Crippen molar-refractivity contribution in [2.24, 2.45) is 17.2 Å². The van der Waals surface area contributed by atoms with Crippen LogP contribution < -0.4 is 26.6 Å². The monoisotopic (exact) mass is 1310 g/mol. The molecular formula is C64H92ClIN6O9S2. The average molecular weight is 1320 g/mol. The van der Waals surface area contributed by atoms with E-state index < -0.39 is 44.5 Å². The van der Waals surface area contributed by atoms with Gasteiger partial charge < -0.3 is 32.5 Å². The molecule has 19 heteroatoms. The Labute approximate surface area is 516 Å². The average Bonchev–Trinajstić information content (AvgIpc) is 3.50. The number of sulfonamides is 2. The molecule has 0 aliphatic rings. The van der Waals surface area contributed by atoms with Gasteiger partial charge in [0.15, 0.2) is 6.10 Å². The second-order valence-corrected chi connectivity index (χ2v) is 25.9. The number of benzene rings is 6. The number of aliphatic hydroxyl groups excluding tert-OH is 1. The zero-order valence-corrected chi connectivity index (χ0v) is 54.4. The van der Waals surface area contributed by atoms with Crippen molar-refractivity contribution in [2.45, 2.75) is 128 Å². The van der Waals surface area contributed by atoms with E-state index in [1.54, 1.807) is 27.7 Å². The molecule has 0 saturated heterocycles. The maximum Gasteiger partial charge on any atom is 0.333 e. The Morgan fingerprint density at radius 2 is 0.723 bits per heavy atom. The molecule has 0 aliphatic heterocycles. The van der Waals surface area contributed by atoms with Gasteiger partial charge in [0.2, 0.25) is 20.0 Å². The van der Waals surface area contributed by atoms with Gasteiger partial charge in [-0.2, -0.15) is 5.26 Å². The predicted molar refractivity (Wildman–Crippen MR) is 352 cm³/mol. The lowest BCUT2D eigenvalue weighted by Crippen LogP contribution is -2.33. The van der Waals surface area contributed by atoms with Gasteiger partial charge in [0.1, 0.15) is 0 Å². The Morgan fingerprint density at radius 1 is 0.470 bits per heavy atom. The van der Waals surface area contributed by atoms with Gasteiger partial charge in [0.05, 0.1) is 28.9 Å². The first-order chi connectivity index (χ1) is 38.7. The van der Waals surface area contributed by atoms with E-state index in [-0.39, 0.29) is 40.7 Å². The van der Waals surface area contributed by atoms with Crippen molar-refractivity contribution in [3.8, 4) is 6.07 Å². The molecule has 7 atom stereocenters. The van der Waals surface area contributed by atoms with Gasteiger partial charge in [-0.3, -0.25) is 4.79 Å². The molecule has 83 heavy (non-hydrogen) atoms. The second kappa shape index (κ2) is 44.9. The number of nitrogens with one attached hydrogen (secondary N) is 2. The van der Waals surface area contributed by atoms with Crippen molar-refractivity contribution < 1.29 is 41.7 Å². The van der Waals surface area contributed by atoms with Crippen LogP contribution in [0.4, 0.5) is 0 Å². The minimum Gasteiger partial charge on any atom is -0.481 e. The Hall–Kier alpha value is -5.57. The standard InChI is InChI=1S/C12H18INO2S.C12H19NO2S.3C9H13N.C9H9N.C4H6O5.ClH/c1-9(2)17(15,16)14-8-10(3)11-4-6-12(13)7-5-11;1-10(2)16(14,15)13-9-11(3)12-7-5-4-6-8-12;4*1-8(7-10)9-5-3-2-4-6-9;5-2(4(8)9)1-3(6)7;/h4-7,9-10,14H,8H2,1-3H3;4-8,10-11,13H,9H2,1-3H3;3*2-6,8H,7,10H2,1H3;2-6,8H,1H3;2,5H,1H2,(H,6,7)(H,8,9);1H/t10-;11-;2*8-;;;2-;/m0000..0./s1. The molecule has 0 aromatic heterocycles. The zero-order valence-electron chi connectivity index (χ0n) is 49.8. The van der Waals surface area contributed by atoms with Crippen LogP contribution in [-0.2, 0) is 29.6 Å². The second-order valence-electron chi connectivity index (χ2n) is 20.0. The minimum atomic E-state index is -3.16. The first-order valence-electron chi connectivity index (χ1n) is 27.3. The van der Waals surface area contributed by atoms with Crippen LogP contribution in [0.15, 0.2) is 176 Å². The highest BCUT2D eigenvalue weighted by Gasteiger charge is 2.19. The van der Waals surface area contributed by atoms with Crippen molar-refractivity contribution in [3.05, 3.63) is 213 Å². The van der Waals surface area contributed by atoms with Gasteiger partial charge in [0.25, 0.3) is 0 Å². The lowest BCUT2D eigenvalue weighted by molar-refractivity contribution is -0.152. The number of carboxylic acids is 2. The molecule has 6 rings (SSSR count). The van der Waals surface area contributed by atoms with Crippen LogP contribution in [0.2, 0.25) is 0 Å². The molecule has 2 unspecified atom stereocenters. The molecule has 15 nitrogen and oxygen atoms in total. The van der Waals surface area contributed by atoms with Crippen LogP contribution in [-0.4, -0.2) is 93.4 Å². The molecular weight excluding hydrogens is 1220 g/mol. The molecule has 11 N–H and O–H groups in total. The molecule has 0 amide bonds. The fraction of sp³-hybridized carbons (Fsp3) is 0.391. The third-order valence-corrected chi connectivity index (χ3v) is 16.9. The van der Waals surface area contributed by atoms with Gasteiger partial charge in [-0.05, 0) is 152 Å². The topological polar surface area (TPSA) is 289 Å². The van der Waals surface area contributed by atoms with Gasteiger partial charge in [-0.1, -0.05) is 198 Å². The van der Waals surface area contributed by atoms with Gasteiger partial charge in [0, 0.05) is 16.7 Å². The Balaban J connectivity index is 0. The fourth-order valence-electron chi connectivity index (χ4n) is 6.45. The number of aliphatic carboxylic acids is 2. The van der Waals surface area contributed by atoms with Crippen molar-refractivity contribution in [1.29, 1.82) is 5.26 Å². The number of aliphatic hydroxyl groups is 1. The summed E-state index contributed by atoms with van der Waals surface area (Å²) in [6.45, 7) is 22.1. The Kier molecular flexibility index (Phi) is 43.0. The number of rotatable bonds is 20. The predicted octanol–water partition coefficient (Wildman–Crippen LogP) is 11.7. The van der Waals surface area contributed by atoms with E-state index in [9.17, 15) is 26.4 Å². The van der Waals surface area contributed by atoms with Gasteiger partial charge >= 0.3 is 11.9 Å². The van der Waals surface area contributed by atoms with Gasteiger partial charge in [-0.15, -0.1) is 12.4 Å². The van der Waals surface area contributed by atoms with Crippen LogP contribution in [0, 0.1) is 14.9 Å². The van der Waals surface area contributed by atoms with Crippen LogP contribution in [0.25, 0.3) is 0 Å². The normalized spacial score (nSPS) is 13.1. The summed E-state index contributed by atoms with van der Waals surface area (Å²) in [4.78, 5) is 19.4. The summed E-state index contributed by atoms with van der Waals surface area (Å²) in [5.74, 6) is -0.998. The lowest BCUT2D eigenvalue weighted by Gasteiger charge is -2.15. The Bertz CT molecular complexity index is 2770. The minimum absolute atomic E-state index is 0. The zero-order chi connectivity index (χ0) is 62.3. The highest BCUT2D eigenvalue weighted by molar-refractivity contribution is 14.1. The summed E-state index contributed by atoms with van der Waals surface area (Å²) in [5, 5.41) is 31.9. The van der Waals surface area contributed by atoms with E-state index >= 15 is 0 Å². The van der Waals surface area contributed by atoms with Crippen molar-refractivity contribution in [2.75, 3.05) is 32.7 Å². The van der Waals surface area contributed by atoms with Gasteiger partial charge in [-0.25, -0.2) is 31.1 Å². The smallest absolute Gasteiger partial charge is 0.333 e. The molecule has 0 heterocycles. The first kappa shape index (κ1) is 79.5. The molecule has 6 aromatic rings. The molecule has 458 valence electrons. The molecule has 0 radical (unpaired) electrons. The van der Waals surface area contributed by atoms with Crippen LogP contribution in [0.1, 0.15) is 145 Å². The fourth-order valence-corrected chi connectivity index (χ4v) is 8.44. The molecule has 0 spiro atoms. The molecule has 6 aromatic carbocycles. The largest absolute Gasteiger partial charge is 0.481 e. The maximum absolute atomic E-state index is 11.6. The first-order valence-corrected chi connectivity index (χ1v) is 31.4. The number of hydrogen-bond acceptors (Lipinski definition) is 11. The SMILES string of the molecule is CC(C#N)c1ccccc1.CC(C)S(=O)(=O)NC[C@H](C)c1ccc(I)cc1.CC(C)S(=O)(=O)NC[C@H](C)c1ccccc1.CC(CN)c1ccccc1.C[C@@H](CN)c1ccccc1.C[C@@H](CN)c1ccccc1.Cl.O=C(O)C[C@H](O)C(=O)O. The molecule has 0 saturated carbocycles. The van der Waals surface area contributed by atoms with Crippen LogP contribution in [0.3, 0.4) is 0 Å². The quantitative estimate of drug-likeness (QED) is 0.0330. The molecule has 0 bridgehead atoms. The number of carbonyl (C=O) groups is 2. The molecule has 0 aliphatic carbocycles.